The number of anilines is 2. The summed E-state index contributed by atoms with van der Waals surface area (Å²) < 4.78 is 6.02. The average Bonchev–Trinajstić information content (AvgIpc) is 2.41. The number of nitrogens with zero attached hydrogens (tertiary/aromatic N) is 3. The minimum Gasteiger partial charge on any atom is -0.377 e. The van der Waals surface area contributed by atoms with E-state index in [4.69, 9.17) is 10.5 Å². The Morgan fingerprint density at radius 1 is 1.68 bits per heavy atom. The monoisotopic (exact) mass is 329 g/mol. The molecule has 0 aromatic carbocycles. The molecule has 7 nitrogen and oxygen atoms in total. The van der Waals surface area contributed by atoms with Crippen molar-refractivity contribution in [3.63, 3.8) is 0 Å². The quantitative estimate of drug-likeness (QED) is 0.828. The van der Waals surface area contributed by atoms with Crippen molar-refractivity contribution in [2.75, 3.05) is 36.5 Å². The smallest absolute Gasteiger partial charge is 0.242 e. The summed E-state index contributed by atoms with van der Waals surface area (Å²) in [6, 6.07) is -0.505. The van der Waals surface area contributed by atoms with Gasteiger partial charge in [0.25, 0.3) is 0 Å². The van der Waals surface area contributed by atoms with Crippen molar-refractivity contribution in [3.8, 4) is 0 Å². The minimum atomic E-state index is -0.505. The van der Waals surface area contributed by atoms with Gasteiger partial charge in [-0.3, -0.25) is 4.79 Å². The van der Waals surface area contributed by atoms with Crippen LogP contribution in [-0.4, -0.2) is 48.2 Å². The fourth-order valence-electron chi connectivity index (χ4n) is 1.94. The van der Waals surface area contributed by atoms with Gasteiger partial charge in [0.15, 0.2) is 0 Å². The van der Waals surface area contributed by atoms with E-state index in [-0.39, 0.29) is 6.61 Å². The Bertz CT molecular complexity index is 470. The molecule has 8 heteroatoms. The first-order valence-corrected chi connectivity index (χ1v) is 6.82. The van der Waals surface area contributed by atoms with E-state index >= 15 is 0 Å². The zero-order valence-corrected chi connectivity index (χ0v) is 12.2. The largest absolute Gasteiger partial charge is 0.377 e. The van der Waals surface area contributed by atoms with Crippen molar-refractivity contribution in [3.05, 3.63) is 10.8 Å². The molecule has 1 fully saturated rings. The summed E-state index contributed by atoms with van der Waals surface area (Å²) in [5.41, 5.74) is 5.41. The van der Waals surface area contributed by atoms with Gasteiger partial charge in [-0.05, 0) is 22.9 Å². The second kappa shape index (κ2) is 6.16. The SMILES string of the molecule is CCNc1ncnc(N2CCOCC2C(N)=O)c1Br. The number of nitrogens with two attached hydrogens (primary N) is 1. The summed E-state index contributed by atoms with van der Waals surface area (Å²) in [5, 5.41) is 3.13. The predicted octanol–water partition coefficient (Wildman–Crippen LogP) is 0.361. The zero-order chi connectivity index (χ0) is 13.8. The maximum Gasteiger partial charge on any atom is 0.242 e. The third kappa shape index (κ3) is 2.95. The molecule has 0 saturated carbocycles. The molecule has 0 spiro atoms. The van der Waals surface area contributed by atoms with Crippen molar-refractivity contribution in [2.24, 2.45) is 5.73 Å². The van der Waals surface area contributed by atoms with Crippen molar-refractivity contribution in [2.45, 2.75) is 13.0 Å². The molecule has 1 amide bonds. The van der Waals surface area contributed by atoms with Crippen LogP contribution in [0.1, 0.15) is 6.92 Å². The Hall–Kier alpha value is -1.41. The number of hydrogen-bond donors (Lipinski definition) is 2. The Morgan fingerprint density at radius 3 is 3.16 bits per heavy atom. The molecular formula is C11H16BrN5O2. The molecule has 1 atom stereocenters. The normalized spacial score (nSPS) is 19.3. The van der Waals surface area contributed by atoms with Gasteiger partial charge in [-0.2, -0.15) is 0 Å². The number of carbonyl (C=O) groups is 1. The molecule has 2 rings (SSSR count). The Kier molecular flexibility index (Phi) is 4.54. The van der Waals surface area contributed by atoms with Gasteiger partial charge in [-0.15, -0.1) is 0 Å². The highest BCUT2D eigenvalue weighted by Gasteiger charge is 2.30. The van der Waals surface area contributed by atoms with Crippen LogP contribution in [0.25, 0.3) is 0 Å². The van der Waals surface area contributed by atoms with E-state index in [0.717, 1.165) is 11.0 Å². The number of rotatable bonds is 4. The van der Waals surface area contributed by atoms with E-state index < -0.39 is 11.9 Å². The molecule has 1 unspecified atom stereocenters. The van der Waals surface area contributed by atoms with Gasteiger partial charge in [-0.25, -0.2) is 9.97 Å². The van der Waals surface area contributed by atoms with Crippen LogP contribution in [0, 0.1) is 0 Å². The van der Waals surface area contributed by atoms with Gasteiger partial charge in [0, 0.05) is 13.1 Å². The Labute approximate surface area is 119 Å². The number of aromatic nitrogens is 2. The first-order valence-electron chi connectivity index (χ1n) is 6.03. The number of ether oxygens (including phenoxy) is 1. The molecule has 1 saturated heterocycles. The van der Waals surface area contributed by atoms with Gasteiger partial charge < -0.3 is 20.7 Å². The van der Waals surface area contributed by atoms with Crippen LogP contribution in [0.15, 0.2) is 10.8 Å². The molecule has 1 aliphatic heterocycles. The first kappa shape index (κ1) is 14.0. The molecule has 1 aromatic rings. The van der Waals surface area contributed by atoms with Crippen LogP contribution in [-0.2, 0) is 9.53 Å². The fraction of sp³-hybridized carbons (Fsp3) is 0.545. The number of carbonyl (C=O) groups excluding carboxylic acids is 1. The lowest BCUT2D eigenvalue weighted by Gasteiger charge is -2.35. The molecule has 2 heterocycles. The van der Waals surface area contributed by atoms with Gasteiger partial charge in [0.05, 0.1) is 13.2 Å². The number of nitrogens with one attached hydrogen (secondary N) is 1. The van der Waals surface area contributed by atoms with E-state index in [0.29, 0.717) is 24.8 Å². The van der Waals surface area contributed by atoms with E-state index in [2.05, 4.69) is 31.2 Å². The molecule has 1 aromatic heterocycles. The van der Waals surface area contributed by atoms with E-state index in [1.165, 1.54) is 6.33 Å². The van der Waals surface area contributed by atoms with Gasteiger partial charge >= 0.3 is 0 Å². The lowest BCUT2D eigenvalue weighted by Crippen LogP contribution is -2.53. The topological polar surface area (TPSA) is 93.4 Å². The summed E-state index contributed by atoms with van der Waals surface area (Å²) in [6.07, 6.45) is 1.46. The van der Waals surface area contributed by atoms with E-state index in [1.807, 2.05) is 11.8 Å². The van der Waals surface area contributed by atoms with Crippen LogP contribution < -0.4 is 16.0 Å². The second-order valence-electron chi connectivity index (χ2n) is 4.08. The van der Waals surface area contributed by atoms with Crippen LogP contribution in [0.2, 0.25) is 0 Å². The number of halogens is 1. The molecular weight excluding hydrogens is 314 g/mol. The molecule has 3 N–H and O–H groups in total. The van der Waals surface area contributed by atoms with Crippen molar-refractivity contribution in [1.29, 1.82) is 0 Å². The molecule has 104 valence electrons. The summed E-state index contributed by atoms with van der Waals surface area (Å²) in [5.74, 6) is 0.926. The van der Waals surface area contributed by atoms with Gasteiger partial charge in [0.2, 0.25) is 5.91 Å². The van der Waals surface area contributed by atoms with Gasteiger partial charge in [-0.1, -0.05) is 0 Å². The highest BCUT2D eigenvalue weighted by molar-refractivity contribution is 9.10. The lowest BCUT2D eigenvalue weighted by molar-refractivity contribution is -0.121. The summed E-state index contributed by atoms with van der Waals surface area (Å²) in [6.45, 7) is 4.11. The van der Waals surface area contributed by atoms with Crippen LogP contribution >= 0.6 is 15.9 Å². The predicted molar refractivity (Wildman–Crippen MR) is 75.0 cm³/mol. The summed E-state index contributed by atoms with van der Waals surface area (Å²) in [7, 11) is 0. The van der Waals surface area contributed by atoms with E-state index in [1.54, 1.807) is 0 Å². The van der Waals surface area contributed by atoms with Crippen LogP contribution in [0.3, 0.4) is 0 Å². The van der Waals surface area contributed by atoms with E-state index in [9.17, 15) is 4.79 Å². The van der Waals surface area contributed by atoms with Crippen LogP contribution in [0.4, 0.5) is 11.6 Å². The lowest BCUT2D eigenvalue weighted by atomic mass is 10.2. The number of primary amides is 1. The molecule has 0 bridgehead atoms. The second-order valence-corrected chi connectivity index (χ2v) is 4.87. The van der Waals surface area contributed by atoms with Crippen molar-refractivity contribution in [1.82, 2.24) is 9.97 Å². The standard InChI is InChI=1S/C11H16BrN5O2/c1-2-14-10-8(12)11(16-6-15-10)17-3-4-19-5-7(17)9(13)18/h6-7H,2-5H2,1H3,(H2,13,18)(H,14,15,16). The van der Waals surface area contributed by atoms with Gasteiger partial charge in [0.1, 0.15) is 28.5 Å². The molecule has 1 aliphatic rings. The summed E-state index contributed by atoms with van der Waals surface area (Å²) >= 11 is 3.47. The fourth-order valence-corrected chi connectivity index (χ4v) is 2.52. The minimum absolute atomic E-state index is 0.280. The van der Waals surface area contributed by atoms with Crippen molar-refractivity contribution >= 4 is 33.5 Å². The Balaban J connectivity index is 2.33. The van der Waals surface area contributed by atoms with Crippen molar-refractivity contribution < 1.29 is 9.53 Å². The highest BCUT2D eigenvalue weighted by atomic mass is 79.9. The average molecular weight is 330 g/mol. The highest BCUT2D eigenvalue weighted by Crippen LogP contribution is 2.31. The third-order valence-corrected chi connectivity index (χ3v) is 3.57. The molecule has 0 radical (unpaired) electrons. The first-order chi connectivity index (χ1) is 9.15. The maximum absolute atomic E-state index is 11.5. The summed E-state index contributed by atoms with van der Waals surface area (Å²) in [4.78, 5) is 21.7. The van der Waals surface area contributed by atoms with Crippen LogP contribution in [0.5, 0.6) is 0 Å². The molecule has 0 aliphatic carbocycles. The number of morpholine rings is 1. The number of amides is 1. The maximum atomic E-state index is 11.5. The molecule has 19 heavy (non-hydrogen) atoms. The Morgan fingerprint density at radius 2 is 2.47 bits per heavy atom. The number of hydrogen-bond acceptors (Lipinski definition) is 6. The zero-order valence-electron chi connectivity index (χ0n) is 10.6. The third-order valence-electron chi connectivity index (χ3n) is 2.84.